The molecule has 2 amide bonds. The summed E-state index contributed by atoms with van der Waals surface area (Å²) in [5, 5.41) is 0. The van der Waals surface area contributed by atoms with E-state index in [1.54, 1.807) is 14.2 Å². The topological polar surface area (TPSA) is 59.1 Å². The number of carbonyl (C=O) groups excluding carboxylic acids is 2. The van der Waals surface area contributed by atoms with Crippen molar-refractivity contribution >= 4 is 11.8 Å². The molecule has 3 fully saturated rings. The van der Waals surface area contributed by atoms with E-state index in [0.717, 1.165) is 63.6 Å². The van der Waals surface area contributed by atoms with Crippen LogP contribution < -0.4 is 9.47 Å². The van der Waals surface area contributed by atoms with E-state index in [-0.39, 0.29) is 17.7 Å². The molecule has 3 aliphatic rings. The molecule has 6 heteroatoms. The van der Waals surface area contributed by atoms with Crippen LogP contribution in [-0.2, 0) is 16.1 Å². The maximum atomic E-state index is 13.5. The lowest BCUT2D eigenvalue weighted by atomic mass is 9.78. The normalized spacial score (nSPS) is 25.1. The third-order valence-electron chi connectivity index (χ3n) is 7.04. The molecule has 1 aromatic carbocycles. The predicted octanol–water partition coefficient (Wildman–Crippen LogP) is 3.24. The van der Waals surface area contributed by atoms with Gasteiger partial charge in [0.1, 0.15) is 0 Å². The first-order valence-electron chi connectivity index (χ1n) is 10.9. The molecule has 1 unspecified atom stereocenters. The monoisotopic (exact) mass is 400 g/mol. The number of methoxy groups -OCH3 is 2. The average Bonchev–Trinajstić information content (AvgIpc) is 3.42. The fraction of sp³-hybridized carbons (Fsp3) is 0.652. The fourth-order valence-electron chi connectivity index (χ4n) is 5.46. The fourth-order valence-corrected chi connectivity index (χ4v) is 5.46. The highest BCUT2D eigenvalue weighted by Crippen LogP contribution is 2.42. The number of rotatable bonds is 5. The molecule has 0 N–H and O–H groups in total. The Labute approximate surface area is 173 Å². The third kappa shape index (κ3) is 3.69. The molecule has 6 nitrogen and oxygen atoms in total. The van der Waals surface area contributed by atoms with E-state index in [9.17, 15) is 9.59 Å². The minimum absolute atomic E-state index is 0.181. The number of amides is 2. The Morgan fingerprint density at radius 2 is 1.90 bits per heavy atom. The molecule has 2 aliphatic heterocycles. The molecule has 1 saturated carbocycles. The van der Waals surface area contributed by atoms with Crippen molar-refractivity contribution < 1.29 is 19.1 Å². The molecule has 1 atom stereocenters. The van der Waals surface area contributed by atoms with Gasteiger partial charge < -0.3 is 19.3 Å². The van der Waals surface area contributed by atoms with Crippen LogP contribution in [0.5, 0.6) is 11.5 Å². The molecule has 1 aromatic rings. The van der Waals surface area contributed by atoms with Crippen molar-refractivity contribution in [3.05, 3.63) is 23.8 Å². The van der Waals surface area contributed by atoms with Crippen molar-refractivity contribution in [3.63, 3.8) is 0 Å². The number of ether oxygens (including phenoxy) is 2. The molecule has 1 aliphatic carbocycles. The number of piperidine rings is 1. The van der Waals surface area contributed by atoms with E-state index in [0.29, 0.717) is 24.6 Å². The Balaban J connectivity index is 1.48. The van der Waals surface area contributed by atoms with E-state index >= 15 is 0 Å². The number of likely N-dealkylation sites (tertiary alicyclic amines) is 2. The van der Waals surface area contributed by atoms with Gasteiger partial charge in [-0.05, 0) is 38.2 Å². The average molecular weight is 401 g/mol. The highest BCUT2D eigenvalue weighted by Gasteiger charge is 2.50. The van der Waals surface area contributed by atoms with Crippen molar-refractivity contribution in [1.82, 2.24) is 9.80 Å². The number of benzene rings is 1. The summed E-state index contributed by atoms with van der Waals surface area (Å²) in [6.45, 7) is 2.57. The van der Waals surface area contributed by atoms with E-state index in [4.69, 9.17) is 9.47 Å². The number of hydrogen-bond acceptors (Lipinski definition) is 4. The second kappa shape index (κ2) is 8.25. The van der Waals surface area contributed by atoms with Crippen LogP contribution in [0.25, 0.3) is 0 Å². The third-order valence-corrected chi connectivity index (χ3v) is 7.04. The first-order chi connectivity index (χ1) is 14.1. The maximum absolute atomic E-state index is 13.5. The Morgan fingerprint density at radius 1 is 1.10 bits per heavy atom. The number of para-hydroxylation sites is 1. The van der Waals surface area contributed by atoms with E-state index in [1.165, 1.54) is 0 Å². The maximum Gasteiger partial charge on any atom is 0.230 e. The van der Waals surface area contributed by atoms with Gasteiger partial charge in [-0.15, -0.1) is 0 Å². The van der Waals surface area contributed by atoms with Gasteiger partial charge in [0.25, 0.3) is 0 Å². The molecule has 0 aromatic heterocycles. The van der Waals surface area contributed by atoms with E-state index < -0.39 is 5.41 Å². The molecular formula is C23H32N2O4. The summed E-state index contributed by atoms with van der Waals surface area (Å²) in [5.74, 6) is 2.01. The molecule has 0 radical (unpaired) electrons. The Kier molecular flexibility index (Phi) is 5.70. The van der Waals surface area contributed by atoms with Gasteiger partial charge >= 0.3 is 0 Å². The number of hydrogen-bond donors (Lipinski definition) is 0. The van der Waals surface area contributed by atoms with E-state index in [2.05, 4.69) is 0 Å². The molecule has 2 heterocycles. The van der Waals surface area contributed by atoms with Crippen LogP contribution in [0.4, 0.5) is 0 Å². The summed E-state index contributed by atoms with van der Waals surface area (Å²) in [4.78, 5) is 30.3. The summed E-state index contributed by atoms with van der Waals surface area (Å²) in [6, 6.07) is 5.78. The van der Waals surface area contributed by atoms with Gasteiger partial charge in [-0.2, -0.15) is 0 Å². The van der Waals surface area contributed by atoms with Crippen molar-refractivity contribution in [1.29, 1.82) is 0 Å². The van der Waals surface area contributed by atoms with Gasteiger partial charge in [0.15, 0.2) is 11.5 Å². The lowest BCUT2D eigenvalue weighted by molar-refractivity contribution is -0.147. The van der Waals surface area contributed by atoms with Gasteiger partial charge in [0.05, 0.1) is 19.6 Å². The Hall–Kier alpha value is -2.24. The minimum Gasteiger partial charge on any atom is -0.493 e. The van der Waals surface area contributed by atoms with E-state index in [1.807, 2.05) is 28.0 Å². The molecule has 0 bridgehead atoms. The second-order valence-corrected chi connectivity index (χ2v) is 8.75. The van der Waals surface area contributed by atoms with Crippen LogP contribution >= 0.6 is 0 Å². The molecule has 29 heavy (non-hydrogen) atoms. The van der Waals surface area contributed by atoms with Gasteiger partial charge in [-0.3, -0.25) is 9.59 Å². The van der Waals surface area contributed by atoms with Crippen LogP contribution in [0, 0.1) is 11.3 Å². The summed E-state index contributed by atoms with van der Waals surface area (Å²) in [6.07, 6.45) is 6.98. The standard InChI is InChI=1S/C23H32N2O4/c1-28-19-10-5-9-18(20(19)29-2)15-24-13-6-11-23(22(24)27)12-14-25(16-23)21(26)17-7-3-4-8-17/h5,9-10,17H,3-4,6-8,11-16H2,1-2H3. The SMILES string of the molecule is COc1cccc(CN2CCCC3(CCN(C(=O)C4CCCC4)C3)C2=O)c1OC. The quantitative estimate of drug-likeness (QED) is 0.761. The highest BCUT2D eigenvalue weighted by molar-refractivity contribution is 5.86. The van der Waals surface area contributed by atoms with Crippen LogP contribution in [0.15, 0.2) is 18.2 Å². The summed E-state index contributed by atoms with van der Waals surface area (Å²) in [7, 11) is 3.25. The molecule has 4 rings (SSSR count). The van der Waals surface area contributed by atoms with Crippen molar-refractivity contribution in [2.45, 2.75) is 51.5 Å². The molecule has 2 saturated heterocycles. The van der Waals surface area contributed by atoms with Crippen LogP contribution in [0.2, 0.25) is 0 Å². The number of nitrogens with zero attached hydrogens (tertiary/aromatic N) is 2. The minimum atomic E-state index is -0.404. The summed E-state index contributed by atoms with van der Waals surface area (Å²) in [5.41, 5.74) is 0.549. The zero-order chi connectivity index (χ0) is 20.4. The Morgan fingerprint density at radius 3 is 2.62 bits per heavy atom. The van der Waals surface area contributed by atoms with Crippen molar-refractivity contribution in [2.75, 3.05) is 33.9 Å². The molecular weight excluding hydrogens is 368 g/mol. The van der Waals surface area contributed by atoms with Crippen LogP contribution in [-0.4, -0.2) is 55.5 Å². The number of carbonyl (C=O) groups is 2. The van der Waals surface area contributed by atoms with Gasteiger partial charge in [-0.25, -0.2) is 0 Å². The lowest BCUT2D eigenvalue weighted by Gasteiger charge is -2.39. The van der Waals surface area contributed by atoms with Gasteiger partial charge in [-0.1, -0.05) is 25.0 Å². The Bertz CT molecular complexity index is 774. The second-order valence-electron chi connectivity index (χ2n) is 8.75. The van der Waals surface area contributed by atoms with Gasteiger partial charge in [0.2, 0.25) is 11.8 Å². The first-order valence-corrected chi connectivity index (χ1v) is 10.9. The smallest absolute Gasteiger partial charge is 0.230 e. The zero-order valence-electron chi connectivity index (χ0n) is 17.6. The van der Waals surface area contributed by atoms with Crippen LogP contribution in [0.3, 0.4) is 0 Å². The molecule has 1 spiro atoms. The van der Waals surface area contributed by atoms with Gasteiger partial charge in [0, 0.05) is 37.7 Å². The largest absolute Gasteiger partial charge is 0.493 e. The lowest BCUT2D eigenvalue weighted by Crippen LogP contribution is -2.50. The summed E-state index contributed by atoms with van der Waals surface area (Å²) >= 11 is 0. The van der Waals surface area contributed by atoms with Crippen LogP contribution in [0.1, 0.15) is 50.5 Å². The highest BCUT2D eigenvalue weighted by atomic mass is 16.5. The molecule has 158 valence electrons. The predicted molar refractivity (Wildman–Crippen MR) is 110 cm³/mol. The first kappa shape index (κ1) is 20.0. The zero-order valence-corrected chi connectivity index (χ0v) is 17.6. The summed E-state index contributed by atoms with van der Waals surface area (Å²) < 4.78 is 11.0. The van der Waals surface area contributed by atoms with Crippen molar-refractivity contribution in [2.24, 2.45) is 11.3 Å². The van der Waals surface area contributed by atoms with Crippen molar-refractivity contribution in [3.8, 4) is 11.5 Å².